The van der Waals surface area contributed by atoms with Gasteiger partial charge in [0.1, 0.15) is 12.3 Å². The average molecular weight is 524 g/mol. The van der Waals surface area contributed by atoms with Gasteiger partial charge in [-0.2, -0.15) is 0 Å². The molecule has 9 nitrogen and oxygen atoms in total. The van der Waals surface area contributed by atoms with Crippen molar-refractivity contribution in [3.63, 3.8) is 0 Å². The molecule has 0 saturated carbocycles. The lowest BCUT2D eigenvalue weighted by molar-refractivity contribution is -0.131. The second kappa shape index (κ2) is 10.7. The van der Waals surface area contributed by atoms with Gasteiger partial charge in [0.25, 0.3) is 10.0 Å². The molecule has 0 atom stereocenters. The van der Waals surface area contributed by atoms with Crippen LogP contribution in [0.15, 0.2) is 77.7 Å². The molecule has 3 aromatic carbocycles. The summed E-state index contributed by atoms with van der Waals surface area (Å²) in [5, 5.41) is 0. The molecule has 194 valence electrons. The van der Waals surface area contributed by atoms with Crippen LogP contribution in [0.2, 0.25) is 0 Å². The van der Waals surface area contributed by atoms with E-state index in [-0.39, 0.29) is 24.1 Å². The Labute approximate surface area is 216 Å². The molecule has 0 N–H and O–H groups in total. The van der Waals surface area contributed by atoms with Crippen LogP contribution in [-0.4, -0.2) is 70.8 Å². The fourth-order valence-corrected chi connectivity index (χ4v) is 5.89. The van der Waals surface area contributed by atoms with Crippen molar-refractivity contribution in [2.24, 2.45) is 0 Å². The fourth-order valence-electron chi connectivity index (χ4n) is 4.46. The van der Waals surface area contributed by atoms with Gasteiger partial charge in [0.05, 0.1) is 17.7 Å². The van der Waals surface area contributed by atoms with E-state index >= 15 is 0 Å². The summed E-state index contributed by atoms with van der Waals surface area (Å²) in [6, 6.07) is 20.7. The lowest BCUT2D eigenvalue weighted by Gasteiger charge is -2.36. The molecule has 10 heteroatoms. The molecule has 2 aliphatic rings. The molecule has 0 spiro atoms. The van der Waals surface area contributed by atoms with Gasteiger partial charge >= 0.3 is 0 Å². The summed E-state index contributed by atoms with van der Waals surface area (Å²) in [6.45, 7) is 3.11. The number of amides is 1. The third-order valence-electron chi connectivity index (χ3n) is 6.54. The lowest BCUT2D eigenvalue weighted by Crippen LogP contribution is -2.51. The first-order valence-electron chi connectivity index (χ1n) is 12.0. The highest BCUT2D eigenvalue weighted by atomic mass is 32.2. The van der Waals surface area contributed by atoms with Crippen LogP contribution in [0.3, 0.4) is 0 Å². The van der Waals surface area contributed by atoms with Crippen LogP contribution in [0.5, 0.6) is 17.2 Å². The van der Waals surface area contributed by atoms with E-state index < -0.39 is 10.0 Å². The minimum atomic E-state index is -3.95. The first-order valence-corrected chi connectivity index (χ1v) is 13.5. The Morgan fingerprint density at radius 1 is 0.919 bits per heavy atom. The molecule has 5 rings (SSSR count). The number of ether oxygens (including phenoxy) is 3. The van der Waals surface area contributed by atoms with E-state index in [2.05, 4.69) is 4.90 Å². The number of nitrogens with zero attached hydrogens (tertiary/aromatic N) is 3. The largest absolute Gasteiger partial charge is 0.497 e. The average Bonchev–Trinajstić information content (AvgIpc) is 3.40. The van der Waals surface area contributed by atoms with Crippen molar-refractivity contribution >= 4 is 21.6 Å². The van der Waals surface area contributed by atoms with Crippen LogP contribution in [-0.2, 0) is 21.4 Å². The Kier molecular flexibility index (Phi) is 7.20. The lowest BCUT2D eigenvalue weighted by atomic mass is 10.1. The zero-order valence-electron chi connectivity index (χ0n) is 20.6. The van der Waals surface area contributed by atoms with Crippen molar-refractivity contribution in [3.8, 4) is 17.2 Å². The summed E-state index contributed by atoms with van der Waals surface area (Å²) in [7, 11) is -2.41. The Morgan fingerprint density at radius 2 is 1.62 bits per heavy atom. The van der Waals surface area contributed by atoms with Gasteiger partial charge < -0.3 is 19.1 Å². The summed E-state index contributed by atoms with van der Waals surface area (Å²) in [4.78, 5) is 17.5. The highest BCUT2D eigenvalue weighted by Crippen LogP contribution is 2.33. The first-order chi connectivity index (χ1) is 17.9. The number of carbonyl (C=O) groups is 1. The second-order valence-corrected chi connectivity index (χ2v) is 10.7. The van der Waals surface area contributed by atoms with Gasteiger partial charge in [0.15, 0.2) is 11.5 Å². The molecule has 0 bridgehead atoms. The maximum atomic E-state index is 13.5. The Balaban J connectivity index is 1.26. The number of piperazine rings is 1. The maximum absolute atomic E-state index is 13.5. The molecule has 3 aromatic rings. The van der Waals surface area contributed by atoms with E-state index in [1.165, 1.54) is 16.4 Å². The SMILES string of the molecule is COc1ccc(N(CC(=O)N2CCN(Cc3ccc4c(c3)OCO4)CC2)S(=O)(=O)c2ccccc2)cc1. The smallest absolute Gasteiger partial charge is 0.264 e. The summed E-state index contributed by atoms with van der Waals surface area (Å²) < 4.78 is 44.3. The predicted octanol–water partition coefficient (Wildman–Crippen LogP) is 2.96. The van der Waals surface area contributed by atoms with E-state index in [1.807, 2.05) is 18.2 Å². The van der Waals surface area contributed by atoms with Crippen molar-refractivity contribution in [1.82, 2.24) is 9.80 Å². The number of rotatable bonds is 8. The Hall–Kier alpha value is -3.76. The highest BCUT2D eigenvalue weighted by molar-refractivity contribution is 7.92. The van der Waals surface area contributed by atoms with Gasteiger partial charge in [-0.25, -0.2) is 8.42 Å². The van der Waals surface area contributed by atoms with Crippen LogP contribution in [0, 0.1) is 0 Å². The van der Waals surface area contributed by atoms with Crippen molar-refractivity contribution in [2.75, 3.05) is 50.9 Å². The molecule has 0 aromatic heterocycles. The quantitative estimate of drug-likeness (QED) is 0.449. The molecule has 37 heavy (non-hydrogen) atoms. The van der Waals surface area contributed by atoms with Crippen LogP contribution in [0.1, 0.15) is 5.56 Å². The Bertz CT molecular complexity index is 1340. The Morgan fingerprint density at radius 3 is 2.32 bits per heavy atom. The van der Waals surface area contributed by atoms with Gasteiger partial charge in [-0.3, -0.25) is 14.0 Å². The summed E-state index contributed by atoms with van der Waals surface area (Å²) in [6.07, 6.45) is 0. The first kappa shape index (κ1) is 24.9. The minimum Gasteiger partial charge on any atom is -0.497 e. The number of fused-ring (bicyclic) bond motifs is 1. The highest BCUT2D eigenvalue weighted by Gasteiger charge is 2.30. The van der Waals surface area contributed by atoms with Crippen molar-refractivity contribution in [2.45, 2.75) is 11.4 Å². The molecular formula is C27H29N3O6S. The van der Waals surface area contributed by atoms with Crippen LogP contribution >= 0.6 is 0 Å². The van der Waals surface area contributed by atoms with E-state index in [0.29, 0.717) is 37.6 Å². The van der Waals surface area contributed by atoms with Gasteiger partial charge in [0.2, 0.25) is 12.7 Å². The normalized spacial score (nSPS) is 15.4. The van der Waals surface area contributed by atoms with Gasteiger partial charge in [0, 0.05) is 32.7 Å². The summed E-state index contributed by atoms with van der Waals surface area (Å²) >= 11 is 0. The molecule has 0 unspecified atom stereocenters. The van der Waals surface area contributed by atoms with Gasteiger partial charge in [-0.05, 0) is 54.1 Å². The number of hydrogen-bond acceptors (Lipinski definition) is 7. The number of methoxy groups -OCH3 is 1. The number of anilines is 1. The van der Waals surface area contributed by atoms with E-state index in [0.717, 1.165) is 23.6 Å². The summed E-state index contributed by atoms with van der Waals surface area (Å²) in [5.74, 6) is 1.87. The zero-order chi connectivity index (χ0) is 25.8. The van der Waals surface area contributed by atoms with Crippen molar-refractivity contribution < 1.29 is 27.4 Å². The standard InChI is InChI=1S/C27H29N3O6S/c1-34-23-10-8-22(9-11-23)30(37(32,33)24-5-3-2-4-6-24)19-27(31)29-15-13-28(14-16-29)18-21-7-12-25-26(17-21)36-20-35-25/h2-12,17H,13-16,18-20H2,1H3. The maximum Gasteiger partial charge on any atom is 0.264 e. The number of benzene rings is 3. The minimum absolute atomic E-state index is 0.132. The van der Waals surface area contributed by atoms with Crippen molar-refractivity contribution in [3.05, 3.63) is 78.4 Å². The number of hydrogen-bond donors (Lipinski definition) is 0. The molecule has 1 fully saturated rings. The predicted molar refractivity (Wildman–Crippen MR) is 138 cm³/mol. The van der Waals surface area contributed by atoms with Crippen LogP contribution in [0.25, 0.3) is 0 Å². The molecule has 1 saturated heterocycles. The van der Waals surface area contributed by atoms with Crippen LogP contribution < -0.4 is 18.5 Å². The van der Waals surface area contributed by atoms with Gasteiger partial charge in [-0.15, -0.1) is 0 Å². The second-order valence-electron chi connectivity index (χ2n) is 8.87. The third-order valence-corrected chi connectivity index (χ3v) is 8.33. The number of sulfonamides is 1. The van der Waals surface area contributed by atoms with E-state index in [4.69, 9.17) is 14.2 Å². The molecule has 2 aliphatic heterocycles. The van der Waals surface area contributed by atoms with Crippen LogP contribution in [0.4, 0.5) is 5.69 Å². The molecule has 0 aliphatic carbocycles. The summed E-state index contributed by atoms with van der Waals surface area (Å²) in [5.41, 5.74) is 1.52. The molecule has 0 radical (unpaired) electrons. The number of carbonyl (C=O) groups excluding carboxylic acids is 1. The zero-order valence-corrected chi connectivity index (χ0v) is 21.4. The topological polar surface area (TPSA) is 88.6 Å². The van der Waals surface area contributed by atoms with Gasteiger partial charge in [-0.1, -0.05) is 24.3 Å². The third kappa shape index (κ3) is 5.50. The molecule has 1 amide bonds. The van der Waals surface area contributed by atoms with E-state index in [9.17, 15) is 13.2 Å². The fraction of sp³-hybridized carbons (Fsp3) is 0.296. The van der Waals surface area contributed by atoms with E-state index in [1.54, 1.807) is 54.5 Å². The van der Waals surface area contributed by atoms with Crippen molar-refractivity contribution in [1.29, 1.82) is 0 Å². The molecular weight excluding hydrogens is 494 g/mol. The molecule has 2 heterocycles. The monoisotopic (exact) mass is 523 g/mol.